The maximum Gasteiger partial charge on any atom is 0.221 e. The van der Waals surface area contributed by atoms with E-state index in [0.717, 1.165) is 11.1 Å². The molecule has 0 aromatic heterocycles. The lowest BCUT2D eigenvalue weighted by Crippen LogP contribution is -2.11. The van der Waals surface area contributed by atoms with Crippen molar-refractivity contribution in [3.63, 3.8) is 0 Å². The molecule has 0 heterocycles. The van der Waals surface area contributed by atoms with E-state index >= 15 is 0 Å². The average molecular weight is 279 g/mol. The molecule has 0 spiro atoms. The summed E-state index contributed by atoms with van der Waals surface area (Å²) in [6.07, 6.45) is 0. The van der Waals surface area contributed by atoms with E-state index in [1.165, 1.54) is 6.92 Å². The minimum absolute atomic E-state index is 0.156. The lowest BCUT2D eigenvalue weighted by molar-refractivity contribution is -0.114. The number of nitrogens with zero attached hydrogens (tertiary/aromatic N) is 3. The van der Waals surface area contributed by atoms with Crippen LogP contribution >= 0.6 is 0 Å². The number of aryl methyl sites for hydroxylation is 2. The van der Waals surface area contributed by atoms with Gasteiger partial charge in [0.05, 0.1) is 11.4 Å². The molecule has 1 aromatic rings. The van der Waals surface area contributed by atoms with Gasteiger partial charge in [-0.15, -0.1) is 0 Å². The van der Waals surface area contributed by atoms with Gasteiger partial charge in [-0.05, 0) is 31.0 Å². The van der Waals surface area contributed by atoms with Crippen molar-refractivity contribution in [1.82, 2.24) is 0 Å². The second-order valence-corrected chi connectivity index (χ2v) is 4.40. The number of hydrogen-bond acceptors (Lipinski definition) is 5. The van der Waals surface area contributed by atoms with Crippen molar-refractivity contribution in [2.45, 2.75) is 20.8 Å². The molecular formula is C15H13N5O. The Labute approximate surface area is 122 Å². The number of amides is 1. The average Bonchev–Trinajstić information content (AvgIpc) is 2.42. The van der Waals surface area contributed by atoms with Crippen LogP contribution in [0.5, 0.6) is 0 Å². The van der Waals surface area contributed by atoms with Crippen LogP contribution in [0.1, 0.15) is 18.1 Å². The van der Waals surface area contributed by atoms with E-state index < -0.39 is 0 Å². The summed E-state index contributed by atoms with van der Waals surface area (Å²) in [5, 5.41) is 32.2. The summed E-state index contributed by atoms with van der Waals surface area (Å²) >= 11 is 0. The summed E-state index contributed by atoms with van der Waals surface area (Å²) < 4.78 is 0. The quantitative estimate of drug-likeness (QED) is 0.825. The van der Waals surface area contributed by atoms with Crippen molar-refractivity contribution < 1.29 is 4.79 Å². The van der Waals surface area contributed by atoms with Gasteiger partial charge in [0.2, 0.25) is 5.91 Å². The first-order valence-electron chi connectivity index (χ1n) is 6.03. The molecular weight excluding hydrogens is 266 g/mol. The largest absolute Gasteiger partial charge is 0.343 e. The van der Waals surface area contributed by atoms with Gasteiger partial charge in [-0.2, -0.15) is 15.8 Å². The fourth-order valence-corrected chi connectivity index (χ4v) is 1.83. The maximum atomic E-state index is 11.3. The lowest BCUT2D eigenvalue weighted by atomic mass is 10.1. The van der Waals surface area contributed by atoms with E-state index in [1.807, 2.05) is 19.9 Å². The molecule has 104 valence electrons. The van der Waals surface area contributed by atoms with E-state index in [4.69, 9.17) is 15.8 Å². The minimum Gasteiger partial charge on any atom is -0.343 e. The van der Waals surface area contributed by atoms with Gasteiger partial charge in [-0.3, -0.25) is 4.79 Å². The van der Waals surface area contributed by atoms with Crippen LogP contribution in [-0.4, -0.2) is 5.91 Å². The van der Waals surface area contributed by atoms with E-state index in [9.17, 15) is 4.79 Å². The first-order chi connectivity index (χ1) is 9.92. The van der Waals surface area contributed by atoms with Gasteiger partial charge in [-0.1, -0.05) is 6.07 Å². The van der Waals surface area contributed by atoms with E-state index in [-0.39, 0.29) is 17.2 Å². The van der Waals surface area contributed by atoms with Crippen molar-refractivity contribution in [3.8, 4) is 18.2 Å². The van der Waals surface area contributed by atoms with Crippen molar-refractivity contribution in [2.24, 2.45) is 0 Å². The van der Waals surface area contributed by atoms with Gasteiger partial charge < -0.3 is 10.6 Å². The van der Waals surface area contributed by atoms with E-state index in [1.54, 1.807) is 24.3 Å². The third kappa shape index (κ3) is 3.83. The topological polar surface area (TPSA) is 112 Å². The normalized spacial score (nSPS) is 8.76. The fraction of sp³-hybridized carbons (Fsp3) is 0.200. The zero-order chi connectivity index (χ0) is 16.0. The van der Waals surface area contributed by atoms with Crippen LogP contribution in [-0.2, 0) is 4.79 Å². The first kappa shape index (κ1) is 15.8. The number of hydrogen-bond donors (Lipinski definition) is 2. The second kappa shape index (κ2) is 6.75. The van der Waals surface area contributed by atoms with E-state index in [0.29, 0.717) is 11.4 Å². The number of rotatable bonds is 3. The van der Waals surface area contributed by atoms with Crippen LogP contribution in [0.4, 0.5) is 11.4 Å². The standard InChI is InChI=1S/C15H13N5O/c1-9-4-10(2)15(19-11(3)21)13(5-9)20-14(8-18)12(6-16)7-17/h4-5,20H,1-3H3,(H,19,21). The Morgan fingerprint density at radius 2 is 1.67 bits per heavy atom. The molecule has 2 N–H and O–H groups in total. The van der Waals surface area contributed by atoms with Gasteiger partial charge in [0.15, 0.2) is 5.57 Å². The van der Waals surface area contributed by atoms with Crippen molar-refractivity contribution in [1.29, 1.82) is 15.8 Å². The van der Waals surface area contributed by atoms with Crippen LogP contribution in [0.2, 0.25) is 0 Å². The molecule has 0 saturated heterocycles. The summed E-state index contributed by atoms with van der Waals surface area (Å²) in [7, 11) is 0. The Hall–Kier alpha value is -3.30. The van der Waals surface area contributed by atoms with Crippen LogP contribution < -0.4 is 10.6 Å². The molecule has 0 aliphatic rings. The number of anilines is 2. The van der Waals surface area contributed by atoms with Crippen LogP contribution in [0, 0.1) is 47.8 Å². The molecule has 0 unspecified atom stereocenters. The molecule has 0 bridgehead atoms. The van der Waals surface area contributed by atoms with Crippen molar-refractivity contribution in [3.05, 3.63) is 34.5 Å². The molecule has 1 rings (SSSR count). The highest BCUT2D eigenvalue weighted by Crippen LogP contribution is 2.29. The molecule has 0 saturated carbocycles. The number of carbonyl (C=O) groups is 1. The van der Waals surface area contributed by atoms with Gasteiger partial charge in [0.1, 0.15) is 23.9 Å². The Bertz CT molecular complexity index is 725. The number of allylic oxidation sites excluding steroid dienone is 2. The molecule has 1 amide bonds. The van der Waals surface area contributed by atoms with Gasteiger partial charge in [-0.25, -0.2) is 0 Å². The Morgan fingerprint density at radius 1 is 1.05 bits per heavy atom. The van der Waals surface area contributed by atoms with Crippen molar-refractivity contribution >= 4 is 17.3 Å². The Balaban J connectivity index is 3.41. The molecule has 6 nitrogen and oxygen atoms in total. The maximum absolute atomic E-state index is 11.3. The Kier molecular flexibility index (Phi) is 5.06. The molecule has 0 radical (unpaired) electrons. The van der Waals surface area contributed by atoms with Gasteiger partial charge >= 0.3 is 0 Å². The molecule has 0 aliphatic carbocycles. The minimum atomic E-state index is -0.314. The molecule has 0 fully saturated rings. The van der Waals surface area contributed by atoms with Crippen LogP contribution in [0.3, 0.4) is 0 Å². The van der Waals surface area contributed by atoms with Crippen LogP contribution in [0.25, 0.3) is 0 Å². The number of benzene rings is 1. The van der Waals surface area contributed by atoms with Crippen LogP contribution in [0.15, 0.2) is 23.4 Å². The zero-order valence-electron chi connectivity index (χ0n) is 11.9. The lowest BCUT2D eigenvalue weighted by Gasteiger charge is -2.15. The summed E-state index contributed by atoms with van der Waals surface area (Å²) in [5.74, 6) is -0.256. The first-order valence-corrected chi connectivity index (χ1v) is 6.03. The summed E-state index contributed by atoms with van der Waals surface area (Å²) in [4.78, 5) is 11.3. The smallest absolute Gasteiger partial charge is 0.221 e. The third-order valence-electron chi connectivity index (χ3n) is 2.63. The highest BCUT2D eigenvalue weighted by atomic mass is 16.1. The van der Waals surface area contributed by atoms with Gasteiger partial charge in [0, 0.05) is 6.92 Å². The molecule has 1 aromatic carbocycles. The monoisotopic (exact) mass is 279 g/mol. The van der Waals surface area contributed by atoms with Crippen molar-refractivity contribution in [2.75, 3.05) is 10.6 Å². The highest BCUT2D eigenvalue weighted by Gasteiger charge is 2.12. The summed E-state index contributed by atoms with van der Waals surface area (Å²) in [5.41, 5.74) is 2.22. The zero-order valence-corrected chi connectivity index (χ0v) is 11.9. The molecule has 21 heavy (non-hydrogen) atoms. The predicted molar refractivity (Wildman–Crippen MR) is 77.7 cm³/mol. The second-order valence-electron chi connectivity index (χ2n) is 4.40. The SMILES string of the molecule is CC(=O)Nc1c(C)cc(C)cc1NC(C#N)=C(C#N)C#N. The predicted octanol–water partition coefficient (Wildman–Crippen LogP) is 2.50. The number of carbonyl (C=O) groups excluding carboxylic acids is 1. The van der Waals surface area contributed by atoms with Gasteiger partial charge in [0.25, 0.3) is 0 Å². The van der Waals surface area contributed by atoms with E-state index in [2.05, 4.69) is 10.6 Å². The Morgan fingerprint density at radius 3 is 2.14 bits per heavy atom. The highest BCUT2D eigenvalue weighted by molar-refractivity contribution is 5.94. The molecule has 6 heteroatoms. The number of nitriles is 3. The molecule has 0 aliphatic heterocycles. The summed E-state index contributed by atoms with van der Waals surface area (Å²) in [6, 6.07) is 8.70. The third-order valence-corrected chi connectivity index (χ3v) is 2.63. The fourth-order valence-electron chi connectivity index (χ4n) is 1.83. The summed E-state index contributed by atoms with van der Waals surface area (Å²) in [6.45, 7) is 5.05. The molecule has 0 atom stereocenters. The number of nitrogens with one attached hydrogen (secondary N) is 2.